The summed E-state index contributed by atoms with van der Waals surface area (Å²) in [6, 6.07) is 20.7. The Morgan fingerprint density at radius 3 is 0.756 bits per heavy atom. The molecule has 12 heteroatoms. The summed E-state index contributed by atoms with van der Waals surface area (Å²) in [6.07, 6.45) is 0. The van der Waals surface area contributed by atoms with Crippen molar-refractivity contribution in [2.45, 2.75) is 0 Å². The smallest absolute Gasteiger partial charge is 0.335 e. The van der Waals surface area contributed by atoms with Crippen LogP contribution in [0.2, 0.25) is 0 Å². The van der Waals surface area contributed by atoms with E-state index in [2.05, 4.69) is 0 Å². The minimum atomic E-state index is -1.13. The van der Waals surface area contributed by atoms with Crippen molar-refractivity contribution in [3.05, 3.63) is 124 Å². The maximum Gasteiger partial charge on any atom is 0.335 e. The quantitative estimate of drug-likeness (QED) is 0.245. The normalized spacial score (nSPS) is 10.5. The van der Waals surface area contributed by atoms with E-state index < -0.39 is 35.6 Å². The molecular formula is C33H27N3O9. The Labute approximate surface area is 257 Å². The van der Waals surface area contributed by atoms with Gasteiger partial charge in [-0.2, -0.15) is 0 Å². The molecule has 0 aliphatic carbocycles. The van der Waals surface area contributed by atoms with Crippen LogP contribution in [0.25, 0.3) is 0 Å². The molecule has 0 saturated heterocycles. The summed E-state index contributed by atoms with van der Waals surface area (Å²) >= 11 is 0. The summed E-state index contributed by atoms with van der Waals surface area (Å²) in [6.45, 7) is 0. The third-order valence-electron chi connectivity index (χ3n) is 7.09. The molecule has 0 radical (unpaired) electrons. The minimum Gasteiger partial charge on any atom is -0.478 e. The highest BCUT2D eigenvalue weighted by molar-refractivity contribution is 6.14. The summed E-state index contributed by atoms with van der Waals surface area (Å²) in [7, 11) is 4.38. The molecule has 3 N–H and O–H groups in total. The van der Waals surface area contributed by atoms with Crippen LogP contribution >= 0.6 is 0 Å². The fourth-order valence-electron chi connectivity index (χ4n) is 4.41. The molecule has 12 nitrogen and oxygen atoms in total. The number of anilines is 3. The summed E-state index contributed by atoms with van der Waals surface area (Å²) in [5.41, 5.74) is 1.12. The molecule has 0 unspecified atom stereocenters. The molecule has 4 aromatic carbocycles. The van der Waals surface area contributed by atoms with Gasteiger partial charge in [0.2, 0.25) is 0 Å². The lowest BCUT2D eigenvalue weighted by Gasteiger charge is -2.22. The number of carboxylic acid groups (broad SMARTS) is 3. The van der Waals surface area contributed by atoms with Gasteiger partial charge in [0.15, 0.2) is 0 Å². The van der Waals surface area contributed by atoms with Crippen molar-refractivity contribution in [3.63, 3.8) is 0 Å². The zero-order valence-electron chi connectivity index (χ0n) is 24.3. The van der Waals surface area contributed by atoms with Crippen molar-refractivity contribution in [2.24, 2.45) is 0 Å². The van der Waals surface area contributed by atoms with E-state index in [-0.39, 0.29) is 33.4 Å². The second-order valence-corrected chi connectivity index (χ2v) is 9.95. The molecule has 0 aromatic heterocycles. The summed E-state index contributed by atoms with van der Waals surface area (Å²) < 4.78 is 0. The molecule has 0 aliphatic heterocycles. The molecule has 0 bridgehead atoms. The van der Waals surface area contributed by atoms with Gasteiger partial charge in [-0.3, -0.25) is 14.4 Å². The molecule has 4 aromatic rings. The molecule has 0 atom stereocenters. The number of rotatable bonds is 9. The average Bonchev–Trinajstić information content (AvgIpc) is 3.06. The van der Waals surface area contributed by atoms with Crippen LogP contribution in [0.15, 0.2) is 91.0 Å². The largest absolute Gasteiger partial charge is 0.478 e. The zero-order valence-corrected chi connectivity index (χ0v) is 24.3. The van der Waals surface area contributed by atoms with Crippen LogP contribution in [0.5, 0.6) is 0 Å². The maximum absolute atomic E-state index is 13.6. The van der Waals surface area contributed by atoms with Crippen LogP contribution in [0.4, 0.5) is 17.1 Å². The first-order chi connectivity index (χ1) is 21.3. The number of carbonyl (C=O) groups excluding carboxylic acids is 3. The summed E-state index contributed by atoms with van der Waals surface area (Å²) in [4.78, 5) is 78.4. The SMILES string of the molecule is CN(C(=O)c1cc(C(=O)N(C)c2ccc(C(=O)O)cc2)cc(C(=O)N(C)c2ccc(C(=O)O)cc2)c1)c1ccc(C(=O)O)cc1. The van der Waals surface area contributed by atoms with Crippen molar-refractivity contribution in [1.82, 2.24) is 0 Å². The fourth-order valence-corrected chi connectivity index (χ4v) is 4.41. The Morgan fingerprint density at radius 1 is 0.378 bits per heavy atom. The van der Waals surface area contributed by atoms with Gasteiger partial charge >= 0.3 is 17.9 Å². The molecule has 3 amide bonds. The number of hydrogen-bond donors (Lipinski definition) is 3. The molecule has 0 heterocycles. The number of benzene rings is 4. The van der Waals surface area contributed by atoms with Gasteiger partial charge in [-0.15, -0.1) is 0 Å². The lowest BCUT2D eigenvalue weighted by molar-refractivity contribution is 0.0686. The Morgan fingerprint density at radius 2 is 0.578 bits per heavy atom. The molecule has 45 heavy (non-hydrogen) atoms. The van der Waals surface area contributed by atoms with Crippen LogP contribution < -0.4 is 14.7 Å². The van der Waals surface area contributed by atoms with E-state index in [4.69, 9.17) is 0 Å². The molecule has 0 fully saturated rings. The molecule has 4 rings (SSSR count). The Bertz CT molecular complexity index is 1590. The van der Waals surface area contributed by atoms with Gasteiger partial charge in [0.25, 0.3) is 17.7 Å². The van der Waals surface area contributed by atoms with Crippen LogP contribution in [-0.4, -0.2) is 72.1 Å². The number of nitrogens with zero attached hydrogens (tertiary/aromatic N) is 3. The second-order valence-electron chi connectivity index (χ2n) is 9.95. The van der Waals surface area contributed by atoms with E-state index in [1.807, 2.05) is 0 Å². The maximum atomic E-state index is 13.6. The van der Waals surface area contributed by atoms with E-state index >= 15 is 0 Å². The highest BCUT2D eigenvalue weighted by Gasteiger charge is 2.24. The summed E-state index contributed by atoms with van der Waals surface area (Å²) in [5.74, 6) is -5.17. The lowest BCUT2D eigenvalue weighted by atomic mass is 10.0. The number of amides is 3. The summed E-state index contributed by atoms with van der Waals surface area (Å²) in [5, 5.41) is 27.6. The number of carbonyl (C=O) groups is 6. The molecule has 0 saturated carbocycles. The average molecular weight is 610 g/mol. The lowest BCUT2D eigenvalue weighted by Crippen LogP contribution is -2.31. The first kappa shape index (κ1) is 31.6. The van der Waals surface area contributed by atoms with Crippen LogP contribution in [0.3, 0.4) is 0 Å². The number of carboxylic acids is 3. The van der Waals surface area contributed by atoms with Gasteiger partial charge in [0.05, 0.1) is 16.7 Å². The van der Waals surface area contributed by atoms with Gasteiger partial charge in [0, 0.05) is 54.9 Å². The first-order valence-electron chi connectivity index (χ1n) is 13.3. The van der Waals surface area contributed by atoms with Gasteiger partial charge in [-0.05, 0) is 91.0 Å². The zero-order chi connectivity index (χ0) is 33.0. The fraction of sp³-hybridized carbons (Fsp3) is 0.0909. The molecule has 0 aliphatic rings. The monoisotopic (exact) mass is 609 g/mol. The number of hydrogen-bond acceptors (Lipinski definition) is 6. The Balaban J connectivity index is 1.74. The van der Waals surface area contributed by atoms with Crippen LogP contribution in [0.1, 0.15) is 62.1 Å². The van der Waals surface area contributed by atoms with Crippen molar-refractivity contribution in [3.8, 4) is 0 Å². The van der Waals surface area contributed by atoms with E-state index in [0.29, 0.717) is 17.1 Å². The molecule has 0 spiro atoms. The standard InChI is InChI=1S/C33H27N3O9/c1-34(25-10-4-19(5-11-25)31(40)41)28(37)22-16-23(29(38)35(2)26-12-6-20(7-13-26)32(42)43)18-24(17-22)30(39)36(3)27-14-8-21(9-15-27)33(44)45/h4-18H,1-3H3,(H,40,41)(H,42,43)(H,44,45). The van der Waals surface area contributed by atoms with E-state index in [9.17, 15) is 44.1 Å². The highest BCUT2D eigenvalue weighted by atomic mass is 16.4. The van der Waals surface area contributed by atoms with E-state index in [1.54, 1.807) is 0 Å². The predicted molar refractivity (Wildman–Crippen MR) is 165 cm³/mol. The second kappa shape index (κ2) is 12.9. The van der Waals surface area contributed by atoms with Gasteiger partial charge in [0.1, 0.15) is 0 Å². The molecule has 228 valence electrons. The van der Waals surface area contributed by atoms with Gasteiger partial charge < -0.3 is 30.0 Å². The van der Waals surface area contributed by atoms with Crippen LogP contribution in [-0.2, 0) is 0 Å². The Hall–Kier alpha value is -6.30. The van der Waals surface area contributed by atoms with E-state index in [0.717, 1.165) is 0 Å². The van der Waals surface area contributed by atoms with Crippen LogP contribution in [0, 0.1) is 0 Å². The topological polar surface area (TPSA) is 173 Å². The van der Waals surface area contributed by atoms with Crippen molar-refractivity contribution in [2.75, 3.05) is 35.8 Å². The van der Waals surface area contributed by atoms with E-state index in [1.165, 1.54) is 127 Å². The van der Waals surface area contributed by atoms with Gasteiger partial charge in [-0.25, -0.2) is 14.4 Å². The third-order valence-corrected chi connectivity index (χ3v) is 7.09. The van der Waals surface area contributed by atoms with Crippen molar-refractivity contribution >= 4 is 52.7 Å². The molecular weight excluding hydrogens is 582 g/mol. The first-order valence-corrected chi connectivity index (χ1v) is 13.3. The van der Waals surface area contributed by atoms with Crippen molar-refractivity contribution in [1.29, 1.82) is 0 Å². The van der Waals surface area contributed by atoms with Crippen molar-refractivity contribution < 1.29 is 44.1 Å². The van der Waals surface area contributed by atoms with Gasteiger partial charge in [-0.1, -0.05) is 0 Å². The predicted octanol–water partition coefficient (Wildman–Crippen LogP) is 4.61. The number of aromatic carboxylic acids is 3. The minimum absolute atomic E-state index is 0.0155. The third kappa shape index (κ3) is 6.86. The Kier molecular flexibility index (Phi) is 9.08. The highest BCUT2D eigenvalue weighted by Crippen LogP contribution is 2.24.